The second-order valence-electron chi connectivity index (χ2n) is 17.5. The van der Waals surface area contributed by atoms with Crippen LogP contribution in [0.25, 0.3) is 16.2 Å². The van der Waals surface area contributed by atoms with E-state index in [4.69, 9.17) is 14.5 Å². The molecule has 0 spiro atoms. The molecule has 2 atom stereocenters. The van der Waals surface area contributed by atoms with Crippen molar-refractivity contribution in [1.29, 1.82) is 0 Å². The molecule has 4 fully saturated rings. The maximum atomic E-state index is 13.7. The third-order valence-corrected chi connectivity index (χ3v) is 13.8. The van der Waals surface area contributed by atoms with E-state index < -0.39 is 25.5 Å². The third kappa shape index (κ3) is 19.1. The largest absolute Gasteiger partial charge is 0.693 e. The number of fused-ring (bicyclic) bond motifs is 2. The van der Waals surface area contributed by atoms with Gasteiger partial charge in [0.25, 0.3) is 5.91 Å². The first-order valence-electron chi connectivity index (χ1n) is 22.5. The van der Waals surface area contributed by atoms with Crippen LogP contribution < -0.4 is 21.8 Å². The van der Waals surface area contributed by atoms with Crippen LogP contribution in [0.15, 0.2) is 72.8 Å². The van der Waals surface area contributed by atoms with E-state index in [0.717, 1.165) is 88.5 Å². The molecule has 1 aromatic heterocycles. The number of ether oxygens (including phenoxy) is 1. The predicted molar refractivity (Wildman–Crippen MR) is 271 cm³/mol. The zero-order valence-corrected chi connectivity index (χ0v) is 45.3. The van der Waals surface area contributed by atoms with E-state index >= 15 is 0 Å². The summed E-state index contributed by atoms with van der Waals surface area (Å²) >= 11 is 2.46. The zero-order valence-electron chi connectivity index (χ0n) is 40.7. The molecule has 6 heterocycles. The molecule has 0 aliphatic carbocycles. The first-order valence-corrected chi connectivity index (χ1v) is 26.0. The topological polar surface area (TPSA) is 243 Å². The molecule has 4 aromatic rings. The van der Waals surface area contributed by atoms with Crippen LogP contribution in [0, 0.1) is 25.7 Å². The number of anilines is 2. The number of carbonyl (C=O) groups excluding carboxylic acids is 4. The van der Waals surface area contributed by atoms with Crippen molar-refractivity contribution in [3.63, 3.8) is 0 Å². The smallest absolute Gasteiger partial charge is 0.209 e. The standard InChI is InChI=1S/C16H17F2N2O4PS.C12H16N2O.C11H13NO2.C5H6NO.C4H10.CH3.H3N.H2N.W/c17-16(18,25(23)24)11-3-4-12-10(7-11)8-13(26-12)15(22)19-9-14(21)20-5-1-2-6-20;1-9-4-5-13(7-9)8-10-2-3-11-12(6-10)14(11)15;13-9-12-6-7-14-11(8-12)10-4-2-1-3-5-10;7-5-3-1-2-4-6-5;1-4(2)3;;;;/h3-4,7-8,23-24H,1-2,5-6,9H2,(H,19,22);2-3,6,9,15H,4-5,7-8H2,1H3;1-5,9,11H,6-8H2;2H,1,3H2,(H,6,7);4H,1-3H3;2*1H3;1H2;/q;;;-1;;-1;;-1;. The number of nitrogens with two attached hydrogens (primary N) is 1. The molecule has 4 amide bonds. The molecule has 4 saturated heterocycles. The van der Waals surface area contributed by atoms with Gasteiger partial charge in [0.15, 0.2) is 0 Å². The van der Waals surface area contributed by atoms with Crippen LogP contribution in [0.1, 0.15) is 92.3 Å². The number of thiophene rings is 1. The molecule has 3 aromatic carbocycles. The van der Waals surface area contributed by atoms with Crippen molar-refractivity contribution < 1.29 is 67.0 Å². The zero-order chi connectivity index (χ0) is 48.7. The summed E-state index contributed by atoms with van der Waals surface area (Å²) in [6.07, 6.45) is 7.82. The van der Waals surface area contributed by atoms with Gasteiger partial charge in [0.2, 0.25) is 20.7 Å². The summed E-state index contributed by atoms with van der Waals surface area (Å²) in [6.45, 7) is 15.5. The van der Waals surface area contributed by atoms with E-state index in [-0.39, 0.29) is 44.2 Å². The molecule has 2 unspecified atom stereocenters. The number of alkyl halides is 2. The predicted octanol–water partition coefficient (Wildman–Crippen LogP) is 8.95. The summed E-state index contributed by atoms with van der Waals surface area (Å²) in [4.78, 5) is 69.3. The van der Waals surface area contributed by atoms with E-state index in [1.54, 1.807) is 9.80 Å². The van der Waals surface area contributed by atoms with Crippen LogP contribution in [0.3, 0.4) is 0 Å². The Labute approximate surface area is 427 Å². The minimum atomic E-state index is -3.74. The van der Waals surface area contributed by atoms with Gasteiger partial charge in [0, 0.05) is 43.0 Å². The maximum absolute atomic E-state index is 13.7. The fourth-order valence-corrected chi connectivity index (χ4v) is 9.57. The van der Waals surface area contributed by atoms with Gasteiger partial charge in [-0.25, -0.2) is 5.06 Å². The molecule has 9 rings (SSSR count). The quantitative estimate of drug-likeness (QED) is 0.0400. The van der Waals surface area contributed by atoms with Gasteiger partial charge in [-0.15, -0.1) is 11.3 Å². The number of likely N-dealkylation sites (tertiary alicyclic amines) is 2. The number of nitrogens with zero attached hydrogens (tertiary/aromatic N) is 4. The minimum Gasteiger partial charge on any atom is -0.693 e. The van der Waals surface area contributed by atoms with Gasteiger partial charge in [-0.1, -0.05) is 70.2 Å². The van der Waals surface area contributed by atoms with Crippen LogP contribution in [0.2, 0.25) is 0 Å². The van der Waals surface area contributed by atoms with Crippen LogP contribution >= 0.6 is 19.7 Å². The molecule has 10 N–H and O–H groups in total. The summed E-state index contributed by atoms with van der Waals surface area (Å²) in [6, 6.07) is 21.3. The Morgan fingerprint density at radius 1 is 1.01 bits per heavy atom. The normalized spacial score (nSPS) is 18.1. The number of carbonyl (C=O) groups is 4. The van der Waals surface area contributed by atoms with Gasteiger partial charge >= 0.3 is 64.3 Å². The Hall–Kier alpha value is -4.13. The number of piperidine rings is 1. The number of nitrogens with one attached hydrogen (secondary N) is 2. The Morgan fingerprint density at radius 3 is 2.27 bits per heavy atom. The molecule has 0 bridgehead atoms. The van der Waals surface area contributed by atoms with E-state index in [1.807, 2.05) is 36.4 Å². The molecule has 5 aliphatic heterocycles. The van der Waals surface area contributed by atoms with Gasteiger partial charge in [0.1, 0.15) is 6.10 Å². The van der Waals surface area contributed by atoms with Crippen molar-refractivity contribution in [2.24, 2.45) is 11.8 Å². The second kappa shape index (κ2) is 30.0. The first kappa shape index (κ1) is 62.0. The average molecular weight is 1180 g/mol. The van der Waals surface area contributed by atoms with Gasteiger partial charge in [-0.3, -0.25) is 24.5 Å². The number of rotatable bonds is 9. The van der Waals surface area contributed by atoms with Crippen LogP contribution in [-0.2, 0) is 50.7 Å². The van der Waals surface area contributed by atoms with Crippen molar-refractivity contribution in [2.75, 3.05) is 57.5 Å². The molecule has 16 nitrogen and oxygen atoms in total. The first-order chi connectivity index (χ1) is 31.9. The van der Waals surface area contributed by atoms with E-state index in [1.165, 1.54) is 61.6 Å². The van der Waals surface area contributed by atoms with E-state index in [0.29, 0.717) is 54.2 Å². The third-order valence-electron chi connectivity index (χ3n) is 10.9. The average Bonchev–Trinajstić information content (AvgIpc) is 3.82. The number of hydrogen-bond donors (Lipinski definition) is 6. The van der Waals surface area contributed by atoms with Crippen molar-refractivity contribution in [1.82, 2.24) is 31.5 Å². The summed E-state index contributed by atoms with van der Waals surface area (Å²) in [5.74, 6) is 1.25. The van der Waals surface area contributed by atoms with Crippen LogP contribution in [0.4, 0.5) is 20.2 Å². The Kier molecular flexibility index (Phi) is 26.6. The molecule has 388 valence electrons. The van der Waals surface area contributed by atoms with Gasteiger partial charge in [-0.05, 0) is 84.5 Å². The maximum Gasteiger partial charge on any atom is 0.209 e. The summed E-state index contributed by atoms with van der Waals surface area (Å²) in [5.41, 5.74) is 0.109. The second-order valence-corrected chi connectivity index (χ2v) is 21.3. The Bertz CT molecular complexity index is 2280. The van der Waals surface area contributed by atoms with Crippen molar-refractivity contribution in [3.8, 4) is 0 Å². The fraction of sp³-hybridized carbons (Fsp3) is 0.449. The Balaban J connectivity index is 0.000000328. The van der Waals surface area contributed by atoms with Crippen LogP contribution in [-0.4, -0.2) is 110 Å². The monoisotopic (exact) mass is 1180 g/mol. The van der Waals surface area contributed by atoms with E-state index in [2.05, 4.69) is 61.8 Å². The SMILES string of the molecule is CC(C)C.CC1CCN(Cc2ccc3c(c2)N3O)C1.N.O=C(NCC(=O)N1CCCC1)c1cc2cc(C(F)(F)P(O)O)ccc2s1.O=C1CC[CH-][C](=[W])N1.O=CN1CCOC(c2ccccc2)C1.[CH3-].[NH2-]. The fourth-order valence-electron chi connectivity index (χ4n) is 7.41. The van der Waals surface area contributed by atoms with E-state index in [9.17, 15) is 33.2 Å². The Morgan fingerprint density at radius 2 is 1.70 bits per heavy atom. The van der Waals surface area contributed by atoms with Crippen LogP contribution in [0.5, 0.6) is 0 Å². The molecule has 5 aliphatic rings. The van der Waals surface area contributed by atoms with Gasteiger partial charge in [-0.2, -0.15) is 8.78 Å². The number of benzene rings is 3. The number of halogens is 2. The number of hydrogen-bond acceptors (Lipinski definition) is 12. The summed E-state index contributed by atoms with van der Waals surface area (Å²) < 4.78 is 34.8. The van der Waals surface area contributed by atoms with Crippen molar-refractivity contribution in [2.45, 2.75) is 78.1 Å². The molecule has 0 radical (unpaired) electrons. The molecule has 70 heavy (non-hydrogen) atoms. The summed E-state index contributed by atoms with van der Waals surface area (Å²) in [7, 11) is -3.45. The minimum absolute atomic E-state index is 0. The number of morpholine rings is 1. The van der Waals surface area contributed by atoms with Gasteiger partial charge < -0.3 is 49.4 Å². The summed E-state index contributed by atoms with van der Waals surface area (Å²) in [5, 5.41) is 16.2. The van der Waals surface area contributed by atoms with Crippen molar-refractivity contribution in [3.05, 3.63) is 114 Å². The molecule has 0 saturated carbocycles. The molecule has 21 heteroatoms. The molecular formula is C49H70F2N8O8PSW-3. The van der Waals surface area contributed by atoms with Crippen molar-refractivity contribution >= 4 is 69.3 Å². The molecular weight excluding hydrogens is 1110 g/mol. The van der Waals surface area contributed by atoms with Gasteiger partial charge in [0.05, 0.1) is 35.9 Å². The number of amides is 4.